The van der Waals surface area contributed by atoms with Gasteiger partial charge in [0.2, 0.25) is 5.91 Å². The molecule has 1 rings (SSSR count). The van der Waals surface area contributed by atoms with Crippen LogP contribution >= 0.6 is 0 Å². The van der Waals surface area contributed by atoms with E-state index in [0.29, 0.717) is 24.4 Å². The van der Waals surface area contributed by atoms with Gasteiger partial charge in [0.1, 0.15) is 0 Å². The molecular formula is C14H28N2O. The van der Waals surface area contributed by atoms with Gasteiger partial charge >= 0.3 is 0 Å². The van der Waals surface area contributed by atoms with Gasteiger partial charge in [0.15, 0.2) is 0 Å². The molecule has 3 nitrogen and oxygen atoms in total. The molecule has 0 spiro atoms. The Morgan fingerprint density at radius 1 is 1.29 bits per heavy atom. The summed E-state index contributed by atoms with van der Waals surface area (Å²) >= 11 is 0. The van der Waals surface area contributed by atoms with Crippen molar-refractivity contribution in [3.8, 4) is 0 Å². The van der Waals surface area contributed by atoms with Crippen LogP contribution in [-0.4, -0.2) is 25.0 Å². The maximum absolute atomic E-state index is 11.6. The van der Waals surface area contributed by atoms with Crippen LogP contribution in [0.25, 0.3) is 0 Å². The average Bonchev–Trinajstić information content (AvgIpc) is 2.27. The fraction of sp³-hybridized carbons (Fsp3) is 0.929. The number of hydrogen-bond donors (Lipinski definition) is 2. The first-order valence-corrected chi connectivity index (χ1v) is 6.99. The molecule has 1 fully saturated rings. The number of hydrogen-bond acceptors (Lipinski definition) is 2. The lowest BCUT2D eigenvalue weighted by Crippen LogP contribution is -2.45. The molecular weight excluding hydrogens is 212 g/mol. The van der Waals surface area contributed by atoms with Crippen LogP contribution in [0.4, 0.5) is 0 Å². The van der Waals surface area contributed by atoms with Gasteiger partial charge in [-0.3, -0.25) is 4.79 Å². The van der Waals surface area contributed by atoms with Crippen LogP contribution in [0.2, 0.25) is 0 Å². The first-order chi connectivity index (χ1) is 7.99. The van der Waals surface area contributed by atoms with Gasteiger partial charge in [-0.2, -0.15) is 0 Å². The van der Waals surface area contributed by atoms with Gasteiger partial charge in [0.05, 0.1) is 6.54 Å². The van der Waals surface area contributed by atoms with Gasteiger partial charge in [0, 0.05) is 12.6 Å². The van der Waals surface area contributed by atoms with Crippen molar-refractivity contribution >= 4 is 5.91 Å². The topological polar surface area (TPSA) is 41.1 Å². The Bertz CT molecular complexity index is 240. The number of amides is 1. The predicted octanol–water partition coefficient (Wildman–Crippen LogP) is 2.17. The summed E-state index contributed by atoms with van der Waals surface area (Å²) in [6, 6.07) is 0.517. The average molecular weight is 240 g/mol. The second-order valence-electron chi connectivity index (χ2n) is 6.08. The van der Waals surface area contributed by atoms with Crippen LogP contribution in [0, 0.1) is 17.8 Å². The molecule has 100 valence electrons. The normalized spacial score (nSPS) is 29.4. The molecule has 0 aromatic rings. The van der Waals surface area contributed by atoms with Crippen LogP contribution < -0.4 is 10.6 Å². The van der Waals surface area contributed by atoms with E-state index in [0.717, 1.165) is 12.5 Å². The quantitative estimate of drug-likeness (QED) is 0.773. The number of carbonyl (C=O) groups excluding carboxylic acids is 1. The largest absolute Gasteiger partial charge is 0.355 e. The highest BCUT2D eigenvalue weighted by Gasteiger charge is 2.25. The van der Waals surface area contributed by atoms with Crippen molar-refractivity contribution in [1.82, 2.24) is 10.6 Å². The minimum Gasteiger partial charge on any atom is -0.355 e. The van der Waals surface area contributed by atoms with E-state index in [4.69, 9.17) is 0 Å². The molecule has 0 bridgehead atoms. The Balaban J connectivity index is 2.22. The molecule has 1 aliphatic carbocycles. The standard InChI is InChI=1S/C14H28N2O/c1-10(2)8-16-14(17)9-15-13-7-11(3)5-6-12(13)4/h10-13,15H,5-9H2,1-4H3,(H,16,17). The van der Waals surface area contributed by atoms with Crippen LogP contribution in [0.1, 0.15) is 47.0 Å². The zero-order valence-electron chi connectivity index (χ0n) is 11.8. The second-order valence-corrected chi connectivity index (χ2v) is 6.08. The molecule has 0 aromatic carbocycles. The van der Waals surface area contributed by atoms with Crippen molar-refractivity contribution < 1.29 is 4.79 Å². The summed E-state index contributed by atoms with van der Waals surface area (Å²) in [5.41, 5.74) is 0. The smallest absolute Gasteiger partial charge is 0.233 e. The van der Waals surface area contributed by atoms with Crippen molar-refractivity contribution in [1.29, 1.82) is 0 Å². The third-order valence-electron chi connectivity index (χ3n) is 3.69. The van der Waals surface area contributed by atoms with Crippen molar-refractivity contribution in [2.45, 2.75) is 53.0 Å². The highest BCUT2D eigenvalue weighted by molar-refractivity contribution is 5.77. The molecule has 3 atom stereocenters. The van der Waals surface area contributed by atoms with Crippen molar-refractivity contribution in [3.63, 3.8) is 0 Å². The van der Waals surface area contributed by atoms with Crippen LogP contribution in [0.3, 0.4) is 0 Å². The van der Waals surface area contributed by atoms with Crippen molar-refractivity contribution in [2.24, 2.45) is 17.8 Å². The second kappa shape index (κ2) is 7.00. The summed E-state index contributed by atoms with van der Waals surface area (Å²) < 4.78 is 0. The lowest BCUT2D eigenvalue weighted by Gasteiger charge is -2.33. The zero-order chi connectivity index (χ0) is 12.8. The Labute approximate surface area is 106 Å². The summed E-state index contributed by atoms with van der Waals surface area (Å²) in [6.07, 6.45) is 3.82. The van der Waals surface area contributed by atoms with E-state index >= 15 is 0 Å². The Kier molecular flexibility index (Phi) is 5.96. The maximum atomic E-state index is 11.6. The molecule has 0 saturated heterocycles. The van der Waals surface area contributed by atoms with Gasteiger partial charge in [-0.05, 0) is 30.6 Å². The Morgan fingerprint density at radius 3 is 2.65 bits per heavy atom. The summed E-state index contributed by atoms with van der Waals surface area (Å²) in [4.78, 5) is 11.6. The first kappa shape index (κ1) is 14.5. The fourth-order valence-electron chi connectivity index (χ4n) is 2.42. The summed E-state index contributed by atoms with van der Waals surface area (Å²) in [5, 5.41) is 6.36. The molecule has 1 aliphatic rings. The van der Waals surface area contributed by atoms with Gasteiger partial charge in [-0.15, -0.1) is 0 Å². The van der Waals surface area contributed by atoms with Gasteiger partial charge in [-0.25, -0.2) is 0 Å². The molecule has 3 heteroatoms. The molecule has 1 amide bonds. The molecule has 3 unspecified atom stereocenters. The summed E-state index contributed by atoms with van der Waals surface area (Å²) in [5.74, 6) is 2.14. The number of rotatable bonds is 5. The lowest BCUT2D eigenvalue weighted by atomic mass is 9.80. The van der Waals surface area contributed by atoms with E-state index in [9.17, 15) is 4.79 Å². The monoisotopic (exact) mass is 240 g/mol. The molecule has 1 saturated carbocycles. The number of nitrogens with one attached hydrogen (secondary N) is 2. The van der Waals surface area contributed by atoms with Gasteiger partial charge in [-0.1, -0.05) is 34.1 Å². The fourth-order valence-corrected chi connectivity index (χ4v) is 2.42. The molecule has 0 aromatic heterocycles. The molecule has 0 radical (unpaired) electrons. The maximum Gasteiger partial charge on any atom is 0.233 e. The van der Waals surface area contributed by atoms with Crippen molar-refractivity contribution in [3.05, 3.63) is 0 Å². The third kappa shape index (κ3) is 5.53. The van der Waals surface area contributed by atoms with E-state index in [1.807, 2.05) is 0 Å². The first-order valence-electron chi connectivity index (χ1n) is 6.99. The van der Waals surface area contributed by atoms with Crippen LogP contribution in [-0.2, 0) is 4.79 Å². The predicted molar refractivity (Wildman–Crippen MR) is 71.8 cm³/mol. The molecule has 0 heterocycles. The number of carbonyl (C=O) groups is 1. The van der Waals surface area contributed by atoms with Crippen LogP contribution in [0.5, 0.6) is 0 Å². The summed E-state index contributed by atoms with van der Waals surface area (Å²) in [7, 11) is 0. The Hall–Kier alpha value is -0.570. The van der Waals surface area contributed by atoms with E-state index in [1.165, 1.54) is 19.3 Å². The SMILES string of the molecule is CC(C)CNC(=O)CNC1CC(C)CCC1C. The highest BCUT2D eigenvalue weighted by atomic mass is 16.1. The van der Waals surface area contributed by atoms with Crippen molar-refractivity contribution in [2.75, 3.05) is 13.1 Å². The van der Waals surface area contributed by atoms with Gasteiger partial charge in [0.25, 0.3) is 0 Å². The van der Waals surface area contributed by atoms with E-state index in [1.54, 1.807) is 0 Å². The molecule has 0 aliphatic heterocycles. The minimum atomic E-state index is 0.129. The van der Waals surface area contributed by atoms with E-state index < -0.39 is 0 Å². The van der Waals surface area contributed by atoms with E-state index in [2.05, 4.69) is 38.3 Å². The Morgan fingerprint density at radius 2 is 2.00 bits per heavy atom. The van der Waals surface area contributed by atoms with Crippen LogP contribution in [0.15, 0.2) is 0 Å². The molecule has 2 N–H and O–H groups in total. The van der Waals surface area contributed by atoms with E-state index in [-0.39, 0.29) is 5.91 Å². The minimum absolute atomic E-state index is 0.129. The summed E-state index contributed by atoms with van der Waals surface area (Å²) in [6.45, 7) is 10.1. The lowest BCUT2D eigenvalue weighted by molar-refractivity contribution is -0.120. The third-order valence-corrected chi connectivity index (χ3v) is 3.69. The molecule has 17 heavy (non-hydrogen) atoms. The zero-order valence-corrected chi connectivity index (χ0v) is 11.8. The van der Waals surface area contributed by atoms with Gasteiger partial charge < -0.3 is 10.6 Å². The highest BCUT2D eigenvalue weighted by Crippen LogP contribution is 2.28.